The number of aryl methyl sites for hydroxylation is 1. The van der Waals surface area contributed by atoms with E-state index >= 15 is 0 Å². The van der Waals surface area contributed by atoms with E-state index < -0.39 is 5.82 Å². The van der Waals surface area contributed by atoms with E-state index in [1.807, 2.05) is 0 Å². The summed E-state index contributed by atoms with van der Waals surface area (Å²) in [6.07, 6.45) is 1.89. The minimum absolute atomic E-state index is 0.0687. The lowest BCUT2D eigenvalue weighted by Gasteiger charge is -1.98. The summed E-state index contributed by atoms with van der Waals surface area (Å²) in [5.74, 6) is -0.437. The number of hydrogen-bond acceptors (Lipinski definition) is 3. The minimum atomic E-state index is -0.437. The second-order valence-electron chi connectivity index (χ2n) is 3.93. The minimum Gasteiger partial charge on any atom is -0.390 e. The highest BCUT2D eigenvalue weighted by Crippen LogP contribution is 2.31. The number of aliphatic hydroxyl groups is 1. The van der Waals surface area contributed by atoms with Crippen molar-refractivity contribution in [3.8, 4) is 10.6 Å². The summed E-state index contributed by atoms with van der Waals surface area (Å²) in [7, 11) is 0. The fourth-order valence-electron chi connectivity index (χ4n) is 1.68. The van der Waals surface area contributed by atoms with Crippen molar-refractivity contribution in [1.29, 1.82) is 0 Å². The summed E-state index contributed by atoms with van der Waals surface area (Å²) in [6.45, 7) is 2.01. The van der Waals surface area contributed by atoms with Crippen LogP contribution in [0.1, 0.15) is 23.9 Å². The third-order valence-corrected chi connectivity index (χ3v) is 4.07. The molecule has 0 fully saturated rings. The van der Waals surface area contributed by atoms with Gasteiger partial charge in [-0.1, -0.05) is 24.9 Å². The Hall–Kier alpha value is -0.970. The molecule has 1 aromatic heterocycles. The summed E-state index contributed by atoms with van der Waals surface area (Å²) in [6, 6.07) is 4.54. The van der Waals surface area contributed by atoms with E-state index in [9.17, 15) is 9.50 Å². The van der Waals surface area contributed by atoms with Crippen molar-refractivity contribution in [3.63, 3.8) is 0 Å². The molecule has 2 aromatic rings. The van der Waals surface area contributed by atoms with Gasteiger partial charge in [0.05, 0.1) is 17.3 Å². The van der Waals surface area contributed by atoms with E-state index in [4.69, 9.17) is 11.6 Å². The molecule has 0 aliphatic carbocycles. The maximum absolute atomic E-state index is 13.1. The Balaban J connectivity index is 2.40. The van der Waals surface area contributed by atoms with Gasteiger partial charge in [-0.05, 0) is 24.6 Å². The molecular weight excluding hydrogens is 273 g/mol. The molecule has 0 atom stereocenters. The van der Waals surface area contributed by atoms with Crippen LogP contribution in [0.2, 0.25) is 5.02 Å². The van der Waals surface area contributed by atoms with Gasteiger partial charge in [0, 0.05) is 10.4 Å². The highest BCUT2D eigenvalue weighted by molar-refractivity contribution is 7.15. The Morgan fingerprint density at radius 1 is 1.44 bits per heavy atom. The number of aliphatic hydroxyl groups excluding tert-OH is 1. The molecule has 2 rings (SSSR count). The van der Waals surface area contributed by atoms with Gasteiger partial charge in [-0.3, -0.25) is 0 Å². The van der Waals surface area contributed by atoms with Crippen LogP contribution in [-0.4, -0.2) is 10.1 Å². The molecule has 0 saturated heterocycles. The maximum Gasteiger partial charge on any atom is 0.141 e. The van der Waals surface area contributed by atoms with Crippen LogP contribution in [0.15, 0.2) is 18.2 Å². The van der Waals surface area contributed by atoms with Crippen LogP contribution in [0.5, 0.6) is 0 Å². The van der Waals surface area contributed by atoms with Crippen LogP contribution in [-0.2, 0) is 13.0 Å². The average molecular weight is 286 g/mol. The van der Waals surface area contributed by atoms with E-state index in [2.05, 4.69) is 11.9 Å². The third-order valence-electron chi connectivity index (χ3n) is 2.57. The zero-order chi connectivity index (χ0) is 13.1. The lowest BCUT2D eigenvalue weighted by atomic mass is 10.2. The van der Waals surface area contributed by atoms with Crippen molar-refractivity contribution < 1.29 is 9.50 Å². The molecule has 0 amide bonds. The molecule has 1 heterocycles. The van der Waals surface area contributed by atoms with Crippen molar-refractivity contribution in [2.24, 2.45) is 0 Å². The van der Waals surface area contributed by atoms with Gasteiger partial charge in [0.1, 0.15) is 10.8 Å². The van der Waals surface area contributed by atoms with Gasteiger partial charge >= 0.3 is 0 Å². The van der Waals surface area contributed by atoms with Crippen LogP contribution in [0.25, 0.3) is 10.6 Å². The van der Waals surface area contributed by atoms with Gasteiger partial charge in [0.25, 0.3) is 0 Å². The first-order valence-corrected chi connectivity index (χ1v) is 6.90. The Labute approximate surface area is 114 Å². The van der Waals surface area contributed by atoms with Crippen LogP contribution in [0.3, 0.4) is 0 Å². The number of thiazole rings is 1. The lowest BCUT2D eigenvalue weighted by molar-refractivity contribution is 0.276. The number of aromatic nitrogens is 1. The van der Waals surface area contributed by atoms with Gasteiger partial charge in [0.2, 0.25) is 0 Å². The fourth-order valence-corrected chi connectivity index (χ4v) is 3.03. The molecule has 1 N–H and O–H groups in total. The highest BCUT2D eigenvalue weighted by Gasteiger charge is 2.12. The summed E-state index contributed by atoms with van der Waals surface area (Å²) in [4.78, 5) is 5.45. The molecule has 0 unspecified atom stereocenters. The monoisotopic (exact) mass is 285 g/mol. The van der Waals surface area contributed by atoms with Gasteiger partial charge in [0.15, 0.2) is 0 Å². The zero-order valence-electron chi connectivity index (χ0n) is 9.91. The Kier molecular flexibility index (Phi) is 4.32. The van der Waals surface area contributed by atoms with Crippen molar-refractivity contribution in [1.82, 2.24) is 4.98 Å². The number of halogens is 2. The Bertz CT molecular complexity index is 556. The molecule has 0 radical (unpaired) electrons. The SMILES string of the molecule is CCCc1sc(-c2ccc(F)c(Cl)c2)nc1CO. The van der Waals surface area contributed by atoms with Gasteiger partial charge in [-0.15, -0.1) is 11.3 Å². The number of benzene rings is 1. The summed E-state index contributed by atoms with van der Waals surface area (Å²) < 4.78 is 13.1. The molecule has 18 heavy (non-hydrogen) atoms. The molecule has 5 heteroatoms. The topological polar surface area (TPSA) is 33.1 Å². The third kappa shape index (κ3) is 2.71. The van der Waals surface area contributed by atoms with E-state index in [0.29, 0.717) is 5.69 Å². The maximum atomic E-state index is 13.1. The standard InChI is InChI=1S/C13H13ClFNOS/c1-2-3-12-11(7-17)16-13(18-12)8-4-5-10(15)9(14)6-8/h4-6,17H,2-3,7H2,1H3. The Morgan fingerprint density at radius 2 is 2.22 bits per heavy atom. The molecule has 2 nitrogen and oxygen atoms in total. The second-order valence-corrected chi connectivity index (χ2v) is 5.42. The molecule has 0 aliphatic heterocycles. The molecule has 0 aliphatic rings. The lowest BCUT2D eigenvalue weighted by Crippen LogP contribution is -1.89. The summed E-state index contributed by atoms with van der Waals surface area (Å²) in [5, 5.41) is 10.1. The zero-order valence-corrected chi connectivity index (χ0v) is 11.5. The molecule has 0 spiro atoms. The van der Waals surface area contributed by atoms with Crippen LogP contribution in [0, 0.1) is 5.82 Å². The molecule has 0 saturated carbocycles. The van der Waals surface area contributed by atoms with Gasteiger partial charge in [-0.25, -0.2) is 9.37 Å². The smallest absolute Gasteiger partial charge is 0.141 e. The summed E-state index contributed by atoms with van der Waals surface area (Å²) in [5.41, 5.74) is 1.49. The van der Waals surface area contributed by atoms with Crippen molar-refractivity contribution in [2.75, 3.05) is 0 Å². The fraction of sp³-hybridized carbons (Fsp3) is 0.308. The molecule has 96 valence electrons. The molecular formula is C13H13ClFNOS. The number of hydrogen-bond donors (Lipinski definition) is 1. The second kappa shape index (κ2) is 5.78. The van der Waals surface area contributed by atoms with Crippen LogP contribution in [0.4, 0.5) is 4.39 Å². The summed E-state index contributed by atoms with van der Waals surface area (Å²) >= 11 is 7.28. The highest BCUT2D eigenvalue weighted by atomic mass is 35.5. The van der Waals surface area contributed by atoms with Crippen LogP contribution >= 0.6 is 22.9 Å². The van der Waals surface area contributed by atoms with Gasteiger partial charge < -0.3 is 5.11 Å². The van der Waals surface area contributed by atoms with E-state index in [1.54, 1.807) is 12.1 Å². The first-order chi connectivity index (χ1) is 8.65. The van der Waals surface area contributed by atoms with E-state index in [0.717, 1.165) is 28.3 Å². The quantitative estimate of drug-likeness (QED) is 0.919. The Morgan fingerprint density at radius 3 is 2.83 bits per heavy atom. The van der Waals surface area contributed by atoms with Crippen molar-refractivity contribution in [2.45, 2.75) is 26.4 Å². The average Bonchev–Trinajstić information content (AvgIpc) is 2.76. The first-order valence-electron chi connectivity index (χ1n) is 5.70. The van der Waals surface area contributed by atoms with Crippen molar-refractivity contribution >= 4 is 22.9 Å². The molecule has 1 aromatic carbocycles. The normalized spacial score (nSPS) is 10.9. The predicted molar refractivity (Wildman–Crippen MR) is 72.4 cm³/mol. The predicted octanol–water partition coefficient (Wildman–Crippen LogP) is 4.05. The van der Waals surface area contributed by atoms with Crippen LogP contribution < -0.4 is 0 Å². The number of nitrogens with zero attached hydrogens (tertiary/aromatic N) is 1. The van der Waals surface area contributed by atoms with Gasteiger partial charge in [-0.2, -0.15) is 0 Å². The van der Waals surface area contributed by atoms with E-state index in [-0.39, 0.29) is 11.6 Å². The van der Waals surface area contributed by atoms with E-state index in [1.165, 1.54) is 17.4 Å². The largest absolute Gasteiger partial charge is 0.390 e. The van der Waals surface area contributed by atoms with Crippen molar-refractivity contribution in [3.05, 3.63) is 39.6 Å². The molecule has 0 bridgehead atoms. The first kappa shape index (κ1) is 13.5. The number of rotatable bonds is 4.